The molecule has 37 heavy (non-hydrogen) atoms. The number of carbonyl (C=O) groups excluding carboxylic acids is 1. The second-order valence-electron chi connectivity index (χ2n) is 9.99. The molecule has 2 aliphatic carbocycles. The Morgan fingerprint density at radius 2 is 1.89 bits per heavy atom. The molecule has 2 fully saturated rings. The number of likely N-dealkylation sites (N-methyl/N-ethyl adjacent to an activating group) is 1. The molecule has 198 valence electrons. The normalized spacial score (nSPS) is 24.2. The molecule has 5 rings (SSSR count). The molecule has 2 aliphatic rings. The zero-order chi connectivity index (χ0) is 26.3. The van der Waals surface area contributed by atoms with Gasteiger partial charge in [0.1, 0.15) is 11.3 Å². The van der Waals surface area contributed by atoms with Crippen LogP contribution in [-0.2, 0) is 4.79 Å². The van der Waals surface area contributed by atoms with Crippen LogP contribution in [0.15, 0.2) is 18.3 Å². The highest BCUT2D eigenvalue weighted by molar-refractivity contribution is 6.36. The van der Waals surface area contributed by atoms with Crippen LogP contribution in [0.3, 0.4) is 0 Å². The van der Waals surface area contributed by atoms with E-state index in [0.29, 0.717) is 48.7 Å². The van der Waals surface area contributed by atoms with Gasteiger partial charge >= 0.3 is 0 Å². The van der Waals surface area contributed by atoms with Gasteiger partial charge in [-0.05, 0) is 50.7 Å². The fourth-order valence-electron chi connectivity index (χ4n) is 5.57. The lowest BCUT2D eigenvalue weighted by Crippen LogP contribution is -2.44. The molecule has 1 aromatic carbocycles. The predicted octanol–water partition coefficient (Wildman–Crippen LogP) is 4.97. The zero-order valence-corrected chi connectivity index (χ0v) is 22.0. The number of amides is 1. The minimum absolute atomic E-state index is 0.0504. The number of rotatable bonds is 6. The minimum atomic E-state index is -0.605. The van der Waals surface area contributed by atoms with Gasteiger partial charge in [0.05, 0.1) is 29.1 Å². The number of benzene rings is 1. The van der Waals surface area contributed by atoms with E-state index in [1.807, 2.05) is 16.5 Å². The number of hydrogen-bond acceptors (Lipinski definition) is 7. The topological polar surface area (TPSA) is 122 Å². The van der Waals surface area contributed by atoms with Gasteiger partial charge in [0.25, 0.3) is 0 Å². The Morgan fingerprint density at radius 3 is 2.57 bits per heavy atom. The summed E-state index contributed by atoms with van der Waals surface area (Å²) in [6, 6.07) is 2.52. The number of nitrogens with one attached hydrogen (secondary N) is 1. The van der Waals surface area contributed by atoms with Gasteiger partial charge in [0.2, 0.25) is 17.8 Å². The van der Waals surface area contributed by atoms with Crippen molar-refractivity contribution in [2.75, 3.05) is 17.3 Å². The van der Waals surface area contributed by atoms with Crippen LogP contribution in [0, 0.1) is 11.7 Å². The Hall–Kier alpha value is -2.69. The average Bonchev–Trinajstić information content (AvgIpc) is 3.23. The van der Waals surface area contributed by atoms with Gasteiger partial charge in [0.15, 0.2) is 5.65 Å². The first-order valence-electron chi connectivity index (χ1n) is 12.6. The summed E-state index contributed by atoms with van der Waals surface area (Å²) in [5, 5.41) is 13.9. The number of nitrogens with zero attached hydrogens (tertiary/aromatic N) is 5. The number of hydrogen-bond donors (Lipinski definition) is 3. The van der Waals surface area contributed by atoms with Gasteiger partial charge in [0, 0.05) is 24.0 Å². The molecule has 2 aromatic heterocycles. The van der Waals surface area contributed by atoms with Crippen molar-refractivity contribution >= 4 is 57.9 Å². The van der Waals surface area contributed by atoms with Crippen LogP contribution in [-0.4, -0.2) is 49.7 Å². The number of fused-ring (bicyclic) bond motifs is 1. The lowest BCUT2D eigenvalue weighted by molar-refractivity contribution is -0.122. The van der Waals surface area contributed by atoms with Crippen LogP contribution >= 0.6 is 23.2 Å². The van der Waals surface area contributed by atoms with Crippen LogP contribution < -0.4 is 16.0 Å². The number of anilines is 3. The van der Waals surface area contributed by atoms with Crippen molar-refractivity contribution in [1.82, 2.24) is 19.5 Å². The first kappa shape index (κ1) is 25.9. The van der Waals surface area contributed by atoms with E-state index in [9.17, 15) is 14.3 Å². The van der Waals surface area contributed by atoms with Crippen molar-refractivity contribution in [3.63, 3.8) is 0 Å². The van der Waals surface area contributed by atoms with Crippen LogP contribution in [0.4, 0.5) is 22.0 Å². The number of aliphatic hydroxyl groups excluding tert-OH is 1. The van der Waals surface area contributed by atoms with Gasteiger partial charge < -0.3 is 21.1 Å². The molecule has 0 spiro atoms. The molecule has 1 amide bonds. The van der Waals surface area contributed by atoms with Crippen LogP contribution in [0.1, 0.15) is 57.4 Å². The highest BCUT2D eigenvalue weighted by Gasteiger charge is 2.31. The third-order valence-electron chi connectivity index (χ3n) is 7.63. The first-order chi connectivity index (χ1) is 17.7. The van der Waals surface area contributed by atoms with Crippen LogP contribution in [0.2, 0.25) is 10.0 Å². The van der Waals surface area contributed by atoms with Crippen molar-refractivity contribution < 1.29 is 14.3 Å². The van der Waals surface area contributed by atoms with Crippen LogP contribution in [0.5, 0.6) is 0 Å². The van der Waals surface area contributed by atoms with E-state index in [1.54, 1.807) is 6.20 Å². The molecule has 0 saturated heterocycles. The molecule has 0 bridgehead atoms. The quantitative estimate of drug-likeness (QED) is 0.396. The second kappa shape index (κ2) is 10.6. The summed E-state index contributed by atoms with van der Waals surface area (Å²) < 4.78 is 16.7. The average molecular weight is 550 g/mol. The number of imidazole rings is 1. The zero-order valence-electron chi connectivity index (χ0n) is 20.5. The van der Waals surface area contributed by atoms with E-state index in [4.69, 9.17) is 33.9 Å². The van der Waals surface area contributed by atoms with Crippen molar-refractivity contribution in [1.29, 1.82) is 0 Å². The summed E-state index contributed by atoms with van der Waals surface area (Å²) in [5.41, 5.74) is 6.72. The second-order valence-corrected chi connectivity index (χ2v) is 10.8. The molecule has 0 unspecified atom stereocenters. The molecule has 4 N–H and O–H groups in total. The lowest BCUT2D eigenvalue weighted by atomic mass is 9.85. The smallest absolute Gasteiger partial charge is 0.227 e. The lowest BCUT2D eigenvalue weighted by Gasteiger charge is -2.35. The Labute approximate surface area is 224 Å². The first-order valence-corrected chi connectivity index (χ1v) is 13.3. The summed E-state index contributed by atoms with van der Waals surface area (Å²) in [5.74, 6) is -0.222. The molecule has 2 atom stereocenters. The third-order valence-corrected chi connectivity index (χ3v) is 8.15. The van der Waals surface area contributed by atoms with Gasteiger partial charge in [-0.15, -0.1) is 0 Å². The molecule has 0 radical (unpaired) electrons. The largest absolute Gasteiger partial charge is 0.391 e. The van der Waals surface area contributed by atoms with E-state index < -0.39 is 11.9 Å². The Morgan fingerprint density at radius 1 is 1.16 bits per heavy atom. The number of halogens is 3. The summed E-state index contributed by atoms with van der Waals surface area (Å²) in [7, 11) is 1.89. The summed E-state index contributed by atoms with van der Waals surface area (Å²) >= 11 is 12.3. The fraction of sp³-hybridized carbons (Fsp3) is 0.520. The Kier molecular flexibility index (Phi) is 7.42. The minimum Gasteiger partial charge on any atom is -0.391 e. The Bertz CT molecular complexity index is 1290. The van der Waals surface area contributed by atoms with E-state index in [2.05, 4.69) is 15.3 Å². The monoisotopic (exact) mass is 549 g/mol. The molecule has 2 saturated carbocycles. The SMILES string of the molecule is CN(c1ncc2nc(Nc3c(F)cc(Cl)cc3Cl)n([C@H]3CC[C@H](C(N)=O)CC3)c2n1)[C@H]1CCCC[C@H]1O. The summed E-state index contributed by atoms with van der Waals surface area (Å²) in [4.78, 5) is 27.7. The van der Waals surface area contributed by atoms with Gasteiger partial charge in [-0.1, -0.05) is 36.0 Å². The maximum absolute atomic E-state index is 14.8. The highest BCUT2D eigenvalue weighted by atomic mass is 35.5. The molecular formula is C25H30Cl2FN7O2. The van der Waals surface area contributed by atoms with Gasteiger partial charge in [-0.3, -0.25) is 9.36 Å². The fourth-order valence-corrected chi connectivity index (χ4v) is 6.09. The number of aromatic nitrogens is 4. The summed E-state index contributed by atoms with van der Waals surface area (Å²) in [6.07, 6.45) is 7.49. The number of aliphatic hydroxyl groups is 1. The number of carbonyl (C=O) groups is 1. The molecule has 0 aliphatic heterocycles. The maximum atomic E-state index is 14.8. The molecule has 12 heteroatoms. The van der Waals surface area contributed by atoms with Crippen molar-refractivity contribution in [3.05, 3.63) is 34.2 Å². The van der Waals surface area contributed by atoms with Crippen molar-refractivity contribution in [2.24, 2.45) is 11.7 Å². The van der Waals surface area contributed by atoms with E-state index in [1.165, 1.54) is 12.1 Å². The van der Waals surface area contributed by atoms with E-state index in [-0.39, 0.29) is 39.6 Å². The molecule has 9 nitrogen and oxygen atoms in total. The number of nitrogens with two attached hydrogens (primary N) is 1. The van der Waals surface area contributed by atoms with Gasteiger partial charge in [-0.2, -0.15) is 4.98 Å². The molecular weight excluding hydrogens is 520 g/mol. The maximum Gasteiger partial charge on any atom is 0.227 e. The molecule has 2 heterocycles. The van der Waals surface area contributed by atoms with Crippen LogP contribution in [0.25, 0.3) is 11.2 Å². The molecule has 3 aromatic rings. The van der Waals surface area contributed by atoms with Gasteiger partial charge in [-0.25, -0.2) is 14.4 Å². The third kappa shape index (κ3) is 5.19. The van der Waals surface area contributed by atoms with E-state index >= 15 is 0 Å². The van der Waals surface area contributed by atoms with Crippen molar-refractivity contribution in [2.45, 2.75) is 69.6 Å². The standard InChI is InChI=1S/C25H30Cl2FN7O2/c1-34(19-4-2-3-5-20(19)36)24-30-12-18-23(33-24)35(15-8-6-13(7-9-15)22(29)37)25(31-18)32-21-16(27)10-14(26)11-17(21)28/h10-13,15,19-20,36H,2-9H2,1H3,(H2,29,37)(H,31,32)/t13-,15-,19-,20+/m0/s1. The van der Waals surface area contributed by atoms with E-state index in [0.717, 1.165) is 25.7 Å². The number of primary amides is 1. The summed E-state index contributed by atoms with van der Waals surface area (Å²) in [6.45, 7) is 0. The Balaban J connectivity index is 1.56. The van der Waals surface area contributed by atoms with Crippen molar-refractivity contribution in [3.8, 4) is 0 Å². The highest BCUT2D eigenvalue weighted by Crippen LogP contribution is 2.39. The predicted molar refractivity (Wildman–Crippen MR) is 142 cm³/mol.